The minimum absolute atomic E-state index is 0.351. The number of hydrogen-bond acceptors (Lipinski definition) is 4. The molecule has 0 amide bonds. The Morgan fingerprint density at radius 1 is 1.00 bits per heavy atom. The third kappa shape index (κ3) is 3.26. The smallest absolute Gasteiger partial charge is 0.220 e. The molecule has 1 N–H and O–H groups in total. The zero-order chi connectivity index (χ0) is 13.9. The first-order valence-electron chi connectivity index (χ1n) is 4.89. The van der Waals surface area contributed by atoms with Gasteiger partial charge in [-0.25, -0.2) is 0 Å². The number of halogens is 3. The maximum absolute atomic E-state index is 9.91. The van der Waals surface area contributed by atoms with Crippen LogP contribution in [-0.4, -0.2) is 30.2 Å². The summed E-state index contributed by atoms with van der Waals surface area (Å²) in [5, 5.41) is 9.91. The van der Waals surface area contributed by atoms with Gasteiger partial charge in [-0.15, -0.1) is 0 Å². The third-order valence-corrected chi connectivity index (χ3v) is 2.93. The fraction of sp³-hybridized carbons (Fsp3) is 0.455. The van der Waals surface area contributed by atoms with Gasteiger partial charge in [0.2, 0.25) is 9.54 Å². The molecule has 0 heterocycles. The van der Waals surface area contributed by atoms with E-state index in [1.807, 2.05) is 0 Å². The van der Waals surface area contributed by atoms with Crippen LogP contribution in [0.15, 0.2) is 12.1 Å². The Hall–Kier alpha value is -0.550. The van der Waals surface area contributed by atoms with Crippen molar-refractivity contribution < 1.29 is 19.3 Å². The number of rotatable bonds is 4. The number of hydrogen-bond donors (Lipinski definition) is 1. The second-order valence-electron chi connectivity index (χ2n) is 3.40. The van der Waals surface area contributed by atoms with Crippen LogP contribution >= 0.6 is 34.8 Å². The zero-order valence-electron chi connectivity index (χ0n) is 10.0. The second-order valence-corrected chi connectivity index (χ2v) is 5.77. The predicted octanol–water partition coefficient (Wildman–Crippen LogP) is 3.12. The van der Waals surface area contributed by atoms with Crippen LogP contribution in [0.4, 0.5) is 0 Å². The number of benzene rings is 1. The number of methoxy groups -OCH3 is 3. The monoisotopic (exact) mass is 314 g/mol. The van der Waals surface area contributed by atoms with Crippen molar-refractivity contribution in [2.45, 2.75) is 9.90 Å². The number of alkyl halides is 3. The molecule has 0 aliphatic rings. The summed E-state index contributed by atoms with van der Waals surface area (Å²) in [6, 6.07) is 3.04. The van der Waals surface area contributed by atoms with E-state index in [4.69, 9.17) is 49.0 Å². The highest BCUT2D eigenvalue weighted by atomic mass is 35.6. The van der Waals surface area contributed by atoms with E-state index in [2.05, 4.69) is 0 Å². The first-order valence-corrected chi connectivity index (χ1v) is 6.03. The molecule has 0 bridgehead atoms. The molecule has 18 heavy (non-hydrogen) atoms. The zero-order valence-corrected chi connectivity index (χ0v) is 12.3. The molecule has 4 nitrogen and oxygen atoms in total. The molecular formula is C11H13Cl3O4. The largest absolute Gasteiger partial charge is 0.493 e. The van der Waals surface area contributed by atoms with Crippen LogP contribution in [0, 0.1) is 0 Å². The Bertz CT molecular complexity index is 392. The minimum atomic E-state index is -1.84. The summed E-state index contributed by atoms with van der Waals surface area (Å²) in [5.74, 6) is 1.15. The van der Waals surface area contributed by atoms with Crippen molar-refractivity contribution in [3.63, 3.8) is 0 Å². The highest BCUT2D eigenvalue weighted by Gasteiger charge is 2.33. The van der Waals surface area contributed by atoms with Gasteiger partial charge < -0.3 is 19.3 Å². The molecule has 1 atom stereocenters. The summed E-state index contributed by atoms with van der Waals surface area (Å²) in [5.41, 5.74) is 0.351. The molecule has 1 unspecified atom stereocenters. The van der Waals surface area contributed by atoms with Crippen LogP contribution in [0.25, 0.3) is 0 Å². The summed E-state index contributed by atoms with van der Waals surface area (Å²) in [7, 11) is 4.40. The molecule has 1 rings (SSSR count). The Morgan fingerprint density at radius 3 is 1.72 bits per heavy atom. The first kappa shape index (κ1) is 15.5. The average molecular weight is 316 g/mol. The van der Waals surface area contributed by atoms with Crippen molar-refractivity contribution >= 4 is 34.8 Å². The quantitative estimate of drug-likeness (QED) is 0.867. The molecule has 0 saturated heterocycles. The highest BCUT2D eigenvalue weighted by Crippen LogP contribution is 2.45. The Balaban J connectivity index is 3.32. The average Bonchev–Trinajstić information content (AvgIpc) is 2.34. The molecule has 1 aromatic carbocycles. The van der Waals surface area contributed by atoms with E-state index in [9.17, 15) is 5.11 Å². The van der Waals surface area contributed by atoms with Gasteiger partial charge in [-0.1, -0.05) is 34.8 Å². The molecule has 0 aromatic heterocycles. The molecule has 7 heteroatoms. The van der Waals surface area contributed by atoms with Crippen LogP contribution in [0.1, 0.15) is 11.7 Å². The van der Waals surface area contributed by atoms with Gasteiger partial charge in [0.05, 0.1) is 21.3 Å². The van der Waals surface area contributed by atoms with Crippen molar-refractivity contribution in [1.82, 2.24) is 0 Å². The van der Waals surface area contributed by atoms with E-state index >= 15 is 0 Å². The van der Waals surface area contributed by atoms with Gasteiger partial charge in [0.1, 0.15) is 6.10 Å². The van der Waals surface area contributed by atoms with Crippen molar-refractivity contribution in [2.75, 3.05) is 21.3 Å². The molecule has 0 aliphatic carbocycles. The van der Waals surface area contributed by atoms with E-state index in [1.54, 1.807) is 0 Å². The molecule has 0 radical (unpaired) electrons. The number of ether oxygens (including phenoxy) is 3. The van der Waals surface area contributed by atoms with Crippen LogP contribution in [0.2, 0.25) is 0 Å². The lowest BCUT2D eigenvalue weighted by molar-refractivity contribution is 0.181. The van der Waals surface area contributed by atoms with Gasteiger partial charge in [-0.3, -0.25) is 0 Å². The van der Waals surface area contributed by atoms with Crippen LogP contribution < -0.4 is 14.2 Å². The molecule has 1 aromatic rings. The Labute approximate surface area is 120 Å². The molecule has 0 spiro atoms. The topological polar surface area (TPSA) is 47.9 Å². The first-order chi connectivity index (χ1) is 8.35. The van der Waals surface area contributed by atoms with Gasteiger partial charge in [0, 0.05) is 0 Å². The van der Waals surface area contributed by atoms with E-state index in [0.29, 0.717) is 22.8 Å². The Kier molecular flexibility index (Phi) is 5.22. The van der Waals surface area contributed by atoms with E-state index in [-0.39, 0.29) is 0 Å². The highest BCUT2D eigenvalue weighted by molar-refractivity contribution is 6.68. The maximum Gasteiger partial charge on any atom is 0.220 e. The standard InChI is InChI=1S/C11H13Cl3O4/c1-16-7-4-6(10(15)11(12,13)14)5-8(17-2)9(7)18-3/h4-5,10,15H,1-3H3. The number of aliphatic hydroxyl groups is 1. The third-order valence-electron chi connectivity index (χ3n) is 2.31. The molecule has 102 valence electrons. The lowest BCUT2D eigenvalue weighted by atomic mass is 10.1. The summed E-state index contributed by atoms with van der Waals surface area (Å²) in [6.45, 7) is 0. The van der Waals surface area contributed by atoms with Crippen molar-refractivity contribution in [1.29, 1.82) is 0 Å². The summed E-state index contributed by atoms with van der Waals surface area (Å²) in [6.07, 6.45) is -1.31. The summed E-state index contributed by atoms with van der Waals surface area (Å²) >= 11 is 17.0. The number of aliphatic hydroxyl groups excluding tert-OH is 1. The van der Waals surface area contributed by atoms with Gasteiger partial charge in [0.15, 0.2) is 11.5 Å². The fourth-order valence-electron chi connectivity index (χ4n) is 1.45. The molecule has 0 fully saturated rings. The normalized spacial score (nSPS) is 13.1. The van der Waals surface area contributed by atoms with Crippen LogP contribution in [0.5, 0.6) is 17.2 Å². The maximum atomic E-state index is 9.91. The molecular weight excluding hydrogens is 302 g/mol. The minimum Gasteiger partial charge on any atom is -0.493 e. The van der Waals surface area contributed by atoms with E-state index in [1.165, 1.54) is 33.5 Å². The lowest BCUT2D eigenvalue weighted by Gasteiger charge is -2.21. The summed E-state index contributed by atoms with van der Waals surface area (Å²) < 4.78 is 13.6. The van der Waals surface area contributed by atoms with Crippen LogP contribution in [0.3, 0.4) is 0 Å². The van der Waals surface area contributed by atoms with Crippen molar-refractivity contribution in [3.8, 4) is 17.2 Å². The lowest BCUT2D eigenvalue weighted by Crippen LogP contribution is -2.16. The van der Waals surface area contributed by atoms with Crippen molar-refractivity contribution in [3.05, 3.63) is 17.7 Å². The van der Waals surface area contributed by atoms with Gasteiger partial charge in [0.25, 0.3) is 0 Å². The van der Waals surface area contributed by atoms with E-state index < -0.39 is 9.90 Å². The molecule has 0 saturated carbocycles. The second kappa shape index (κ2) is 6.06. The van der Waals surface area contributed by atoms with Crippen LogP contribution in [-0.2, 0) is 0 Å². The van der Waals surface area contributed by atoms with Gasteiger partial charge in [-0.2, -0.15) is 0 Å². The van der Waals surface area contributed by atoms with Crippen molar-refractivity contribution in [2.24, 2.45) is 0 Å². The molecule has 0 aliphatic heterocycles. The van der Waals surface area contributed by atoms with E-state index in [0.717, 1.165) is 0 Å². The predicted molar refractivity (Wildman–Crippen MR) is 71.3 cm³/mol. The summed E-state index contributed by atoms with van der Waals surface area (Å²) in [4.78, 5) is 0. The SMILES string of the molecule is COc1cc(C(O)C(Cl)(Cl)Cl)cc(OC)c1OC. The fourth-order valence-corrected chi connectivity index (χ4v) is 1.83. The van der Waals surface area contributed by atoms with Gasteiger partial charge >= 0.3 is 0 Å². The Morgan fingerprint density at radius 2 is 1.44 bits per heavy atom. The van der Waals surface area contributed by atoms with Gasteiger partial charge in [-0.05, 0) is 17.7 Å².